The molecule has 7 nitrogen and oxygen atoms in total. The zero-order chi connectivity index (χ0) is 21.5. The number of ketones is 1. The Kier molecular flexibility index (Phi) is 6.49. The number of Topliss-reactive ketones (excluding diaryl/α,β-unsaturated/α-hetero) is 1. The highest BCUT2D eigenvalue weighted by Gasteiger charge is 2.20. The largest absolute Gasteiger partial charge is 0.454 e. The monoisotopic (exact) mass is 408 g/mol. The van der Waals surface area contributed by atoms with Gasteiger partial charge in [0, 0.05) is 24.4 Å². The average Bonchev–Trinajstić information content (AvgIpc) is 2.76. The first-order valence-electron chi connectivity index (χ1n) is 8.97. The number of carbonyl (C=O) groups is 2. The molecule has 0 heterocycles. The Bertz CT molecular complexity index is 1090. The summed E-state index contributed by atoms with van der Waals surface area (Å²) in [5.41, 5.74) is 0.651. The van der Waals surface area contributed by atoms with Crippen LogP contribution in [-0.2, 0) is 11.3 Å². The van der Waals surface area contributed by atoms with Gasteiger partial charge in [-0.25, -0.2) is 9.18 Å². The van der Waals surface area contributed by atoms with Crippen LogP contribution in [-0.4, -0.2) is 23.3 Å². The highest BCUT2D eigenvalue weighted by Crippen LogP contribution is 2.24. The number of esters is 1. The van der Waals surface area contributed by atoms with E-state index in [9.17, 15) is 24.1 Å². The second kappa shape index (κ2) is 9.42. The Morgan fingerprint density at radius 3 is 2.37 bits per heavy atom. The summed E-state index contributed by atoms with van der Waals surface area (Å²) in [4.78, 5) is 35.1. The number of anilines is 1. The molecular formula is C22H17FN2O5. The third-order valence-corrected chi connectivity index (χ3v) is 4.27. The number of hydrogen-bond donors (Lipinski definition) is 1. The lowest BCUT2D eigenvalue weighted by atomic mass is 10.1. The molecule has 0 amide bonds. The van der Waals surface area contributed by atoms with Crippen molar-refractivity contribution in [3.05, 3.63) is 105 Å². The fourth-order valence-corrected chi connectivity index (χ4v) is 2.74. The Morgan fingerprint density at radius 1 is 0.967 bits per heavy atom. The quantitative estimate of drug-likeness (QED) is 0.257. The summed E-state index contributed by atoms with van der Waals surface area (Å²) in [6, 6.07) is 18.4. The number of carbonyl (C=O) groups excluding carboxylic acids is 2. The van der Waals surface area contributed by atoms with Gasteiger partial charge >= 0.3 is 5.97 Å². The van der Waals surface area contributed by atoms with Crippen LogP contribution in [0.5, 0.6) is 0 Å². The molecule has 0 saturated carbocycles. The molecule has 3 aromatic carbocycles. The van der Waals surface area contributed by atoms with Gasteiger partial charge in [0.2, 0.25) is 5.78 Å². The molecule has 30 heavy (non-hydrogen) atoms. The van der Waals surface area contributed by atoms with Gasteiger partial charge < -0.3 is 10.1 Å². The molecule has 0 aromatic heterocycles. The SMILES string of the molecule is O=C(COC(=O)c1cc([N+](=O)[O-])ccc1NCc1ccccc1)c1ccccc1F. The van der Waals surface area contributed by atoms with Gasteiger partial charge in [-0.3, -0.25) is 14.9 Å². The van der Waals surface area contributed by atoms with E-state index in [-0.39, 0.29) is 16.8 Å². The van der Waals surface area contributed by atoms with Crippen LogP contribution < -0.4 is 5.32 Å². The Hall–Kier alpha value is -4.07. The minimum absolute atomic E-state index is 0.0959. The van der Waals surface area contributed by atoms with Crippen LogP contribution in [0.2, 0.25) is 0 Å². The summed E-state index contributed by atoms with van der Waals surface area (Å²) >= 11 is 0. The fraction of sp³-hybridized carbons (Fsp3) is 0.0909. The topological polar surface area (TPSA) is 98.5 Å². The van der Waals surface area contributed by atoms with E-state index in [4.69, 9.17) is 4.74 Å². The molecule has 0 spiro atoms. The molecule has 0 unspecified atom stereocenters. The van der Waals surface area contributed by atoms with Crippen LogP contribution >= 0.6 is 0 Å². The van der Waals surface area contributed by atoms with Crippen molar-refractivity contribution < 1.29 is 23.6 Å². The number of halogens is 1. The molecule has 3 aromatic rings. The first-order chi connectivity index (χ1) is 14.5. The molecule has 0 radical (unpaired) electrons. The normalized spacial score (nSPS) is 10.3. The smallest absolute Gasteiger partial charge is 0.340 e. The van der Waals surface area contributed by atoms with Crippen LogP contribution in [0.15, 0.2) is 72.8 Å². The maximum atomic E-state index is 13.7. The van der Waals surface area contributed by atoms with Gasteiger partial charge in [0.15, 0.2) is 6.61 Å². The zero-order valence-corrected chi connectivity index (χ0v) is 15.7. The van der Waals surface area contributed by atoms with Gasteiger partial charge in [0.1, 0.15) is 5.82 Å². The molecule has 0 bridgehead atoms. The van der Waals surface area contributed by atoms with Gasteiger partial charge in [-0.15, -0.1) is 0 Å². The third-order valence-electron chi connectivity index (χ3n) is 4.27. The predicted molar refractivity (Wildman–Crippen MR) is 108 cm³/mol. The highest BCUT2D eigenvalue weighted by atomic mass is 19.1. The van der Waals surface area contributed by atoms with E-state index in [1.165, 1.54) is 30.3 Å². The summed E-state index contributed by atoms with van der Waals surface area (Å²) in [6.45, 7) is -0.326. The summed E-state index contributed by atoms with van der Waals surface area (Å²) < 4.78 is 18.7. The third kappa shape index (κ3) is 5.05. The van der Waals surface area contributed by atoms with E-state index in [0.717, 1.165) is 17.7 Å². The van der Waals surface area contributed by atoms with Crippen molar-refractivity contribution in [2.45, 2.75) is 6.54 Å². The molecule has 8 heteroatoms. The summed E-state index contributed by atoms with van der Waals surface area (Å²) in [5.74, 6) is -2.37. The first kappa shape index (κ1) is 20.7. The Labute approximate surface area is 171 Å². The van der Waals surface area contributed by atoms with E-state index in [1.807, 2.05) is 30.3 Å². The number of hydrogen-bond acceptors (Lipinski definition) is 6. The van der Waals surface area contributed by atoms with E-state index >= 15 is 0 Å². The number of nitro groups is 1. The van der Waals surface area contributed by atoms with Crippen molar-refractivity contribution in [3.63, 3.8) is 0 Å². The maximum absolute atomic E-state index is 13.7. The molecule has 3 rings (SSSR count). The molecule has 0 aliphatic carbocycles. The summed E-state index contributed by atoms with van der Waals surface area (Å²) in [7, 11) is 0. The summed E-state index contributed by atoms with van der Waals surface area (Å²) in [6.07, 6.45) is 0. The second-order valence-electron chi connectivity index (χ2n) is 6.31. The number of rotatable bonds is 8. The molecular weight excluding hydrogens is 391 g/mol. The van der Waals surface area contributed by atoms with E-state index in [1.54, 1.807) is 0 Å². The number of ether oxygens (including phenoxy) is 1. The first-order valence-corrected chi connectivity index (χ1v) is 8.97. The van der Waals surface area contributed by atoms with E-state index < -0.39 is 29.1 Å². The Balaban J connectivity index is 1.76. The van der Waals surface area contributed by atoms with Gasteiger partial charge in [0.05, 0.1) is 16.1 Å². The van der Waals surface area contributed by atoms with Crippen LogP contribution in [0.3, 0.4) is 0 Å². The van der Waals surface area contributed by atoms with Crippen LogP contribution in [0.4, 0.5) is 15.8 Å². The lowest BCUT2D eigenvalue weighted by Gasteiger charge is -2.12. The zero-order valence-electron chi connectivity index (χ0n) is 15.7. The molecule has 0 fully saturated rings. The van der Waals surface area contributed by atoms with Crippen LogP contribution in [0, 0.1) is 15.9 Å². The van der Waals surface area contributed by atoms with Crippen LogP contribution in [0.25, 0.3) is 0 Å². The van der Waals surface area contributed by atoms with Gasteiger partial charge in [-0.05, 0) is 23.8 Å². The van der Waals surface area contributed by atoms with Crippen molar-refractivity contribution in [1.29, 1.82) is 0 Å². The molecule has 0 atom stereocenters. The molecule has 1 N–H and O–H groups in total. The van der Waals surface area contributed by atoms with Crippen LogP contribution in [0.1, 0.15) is 26.3 Å². The standard InChI is InChI=1S/C22H17FN2O5/c23-19-9-5-4-8-17(19)21(26)14-30-22(27)18-12-16(25(28)29)10-11-20(18)24-13-15-6-2-1-3-7-15/h1-12,24H,13-14H2. The van der Waals surface area contributed by atoms with Gasteiger partial charge in [-0.1, -0.05) is 42.5 Å². The molecule has 0 aliphatic rings. The number of benzene rings is 3. The Morgan fingerprint density at radius 2 is 1.67 bits per heavy atom. The minimum Gasteiger partial charge on any atom is -0.454 e. The summed E-state index contributed by atoms with van der Waals surface area (Å²) in [5, 5.41) is 14.1. The lowest BCUT2D eigenvalue weighted by molar-refractivity contribution is -0.384. The molecule has 152 valence electrons. The minimum atomic E-state index is -0.932. The highest BCUT2D eigenvalue weighted by molar-refractivity contribution is 6.01. The number of non-ortho nitro benzene ring substituents is 1. The molecule has 0 saturated heterocycles. The van der Waals surface area contributed by atoms with Crippen molar-refractivity contribution in [3.8, 4) is 0 Å². The number of nitrogens with one attached hydrogen (secondary N) is 1. The predicted octanol–water partition coefficient (Wildman–Crippen LogP) is 4.39. The van der Waals surface area contributed by atoms with E-state index in [0.29, 0.717) is 12.2 Å². The van der Waals surface area contributed by atoms with Crippen molar-refractivity contribution >= 4 is 23.1 Å². The van der Waals surface area contributed by atoms with Crippen molar-refractivity contribution in [2.24, 2.45) is 0 Å². The van der Waals surface area contributed by atoms with Crippen molar-refractivity contribution in [2.75, 3.05) is 11.9 Å². The maximum Gasteiger partial charge on any atom is 0.340 e. The average molecular weight is 408 g/mol. The van der Waals surface area contributed by atoms with Gasteiger partial charge in [-0.2, -0.15) is 0 Å². The second-order valence-corrected chi connectivity index (χ2v) is 6.31. The number of nitro benzene ring substituents is 1. The van der Waals surface area contributed by atoms with E-state index in [2.05, 4.69) is 5.32 Å². The van der Waals surface area contributed by atoms with Gasteiger partial charge in [0.25, 0.3) is 5.69 Å². The lowest BCUT2D eigenvalue weighted by Crippen LogP contribution is -2.17. The van der Waals surface area contributed by atoms with Crippen molar-refractivity contribution in [1.82, 2.24) is 0 Å². The molecule has 0 aliphatic heterocycles. The number of nitrogens with zero attached hydrogens (tertiary/aromatic N) is 1. The fourth-order valence-electron chi connectivity index (χ4n) is 2.74.